The van der Waals surface area contributed by atoms with Gasteiger partial charge in [-0.05, 0) is 129 Å². The molecule has 0 saturated carbocycles. The van der Waals surface area contributed by atoms with E-state index in [0.717, 1.165) is 10.9 Å². The van der Waals surface area contributed by atoms with Gasteiger partial charge in [-0.15, -0.1) is 0 Å². The lowest BCUT2D eigenvalue weighted by molar-refractivity contribution is -0.132. The van der Waals surface area contributed by atoms with Crippen molar-refractivity contribution in [3.05, 3.63) is 113 Å². The Balaban J connectivity index is 1.51. The minimum atomic E-state index is -1.18. The van der Waals surface area contributed by atoms with Crippen molar-refractivity contribution in [3.63, 3.8) is 0 Å². The van der Waals surface area contributed by atoms with Gasteiger partial charge in [-0.2, -0.15) is 0 Å². The zero-order valence-electron chi connectivity index (χ0n) is 46.4. The quantitative estimate of drug-likeness (QED) is 0.0367. The highest BCUT2D eigenvalue weighted by atomic mass is 16.6. The third-order valence-electron chi connectivity index (χ3n) is 11.7. The molecular weight excluding hydrogens is 973 g/mol. The highest BCUT2D eigenvalue weighted by Gasteiger charge is 2.31. The minimum absolute atomic E-state index is 0.0461. The number of carbonyl (C=O) groups is 5. The summed E-state index contributed by atoms with van der Waals surface area (Å²) in [6.07, 6.45) is 1.57. The van der Waals surface area contributed by atoms with Gasteiger partial charge in [0, 0.05) is 48.8 Å². The van der Waals surface area contributed by atoms with E-state index in [1.807, 2.05) is 75.4 Å². The van der Waals surface area contributed by atoms with Gasteiger partial charge in [-0.3, -0.25) is 19.0 Å². The molecule has 4 aromatic carbocycles. The van der Waals surface area contributed by atoms with E-state index in [1.165, 1.54) is 33.0 Å². The Bertz CT molecular complexity index is 2750. The van der Waals surface area contributed by atoms with E-state index in [-0.39, 0.29) is 38.9 Å². The number of unbranched alkanes of at least 4 members (excludes halogenated alkanes) is 1. The second-order valence-corrected chi connectivity index (χ2v) is 21.3. The highest BCUT2D eigenvalue weighted by Crippen LogP contribution is 2.32. The van der Waals surface area contributed by atoms with E-state index in [2.05, 4.69) is 26.6 Å². The third kappa shape index (κ3) is 17.8. The lowest BCUT2D eigenvalue weighted by Gasteiger charge is -2.26. The number of fused-ring (bicyclic) bond motifs is 1. The summed E-state index contributed by atoms with van der Waals surface area (Å²) >= 11 is 0. The van der Waals surface area contributed by atoms with E-state index >= 15 is 4.79 Å². The third-order valence-corrected chi connectivity index (χ3v) is 11.7. The first-order valence-electron chi connectivity index (χ1n) is 25.5. The number of amides is 4. The van der Waals surface area contributed by atoms with Gasteiger partial charge >= 0.3 is 12.2 Å². The van der Waals surface area contributed by atoms with Crippen molar-refractivity contribution in [2.75, 3.05) is 35.0 Å². The molecule has 5 aromatic rings. The average Bonchev–Trinajstić information content (AvgIpc) is 3.73. The Morgan fingerprint density at radius 3 is 1.70 bits per heavy atom. The fourth-order valence-electron chi connectivity index (χ4n) is 8.36. The second kappa shape index (κ2) is 26.8. The van der Waals surface area contributed by atoms with Gasteiger partial charge in [0.2, 0.25) is 17.7 Å². The van der Waals surface area contributed by atoms with Crippen LogP contribution in [0.1, 0.15) is 104 Å². The lowest BCUT2D eigenvalue weighted by Crippen LogP contribution is -2.57. The summed E-state index contributed by atoms with van der Waals surface area (Å²) in [4.78, 5) is 70.5. The second-order valence-electron chi connectivity index (χ2n) is 21.3. The number of methoxy groups -OCH3 is 4. The Labute approximate surface area is 447 Å². The van der Waals surface area contributed by atoms with E-state index in [1.54, 1.807) is 78.1 Å². The molecule has 0 spiro atoms. The summed E-state index contributed by atoms with van der Waals surface area (Å²) in [5.41, 5.74) is 1.40. The minimum Gasteiger partial charge on any atom is -0.493 e. The first kappa shape index (κ1) is 59.4. The van der Waals surface area contributed by atoms with Crippen LogP contribution in [0.3, 0.4) is 0 Å². The molecule has 4 amide bonds. The van der Waals surface area contributed by atoms with Gasteiger partial charge in [0.15, 0.2) is 23.0 Å². The molecule has 18 heteroatoms. The summed E-state index contributed by atoms with van der Waals surface area (Å²) in [6, 6.07) is 22.1. The van der Waals surface area contributed by atoms with Crippen molar-refractivity contribution in [1.29, 1.82) is 0 Å². The smallest absolute Gasteiger partial charge is 0.419 e. The average molecular weight is 1050 g/mol. The van der Waals surface area contributed by atoms with Crippen LogP contribution in [0, 0.1) is 0 Å². The number of para-hydroxylation sites is 3. The molecule has 1 aromatic heterocycles. The number of alkyl carbamates (subject to hydrolysis) is 1. The molecule has 412 valence electrons. The molecule has 0 aliphatic rings. The summed E-state index contributed by atoms with van der Waals surface area (Å²) in [7, 11) is 6.11. The van der Waals surface area contributed by atoms with E-state index in [4.69, 9.17) is 33.2 Å². The van der Waals surface area contributed by atoms with Crippen LogP contribution in [0.5, 0.6) is 28.7 Å². The molecule has 76 heavy (non-hydrogen) atoms. The number of hydrogen-bond donors (Lipinski definition) is 5. The molecule has 18 nitrogen and oxygen atoms in total. The van der Waals surface area contributed by atoms with Gasteiger partial charge in [-0.1, -0.05) is 54.6 Å². The Morgan fingerprint density at radius 1 is 0.539 bits per heavy atom. The van der Waals surface area contributed by atoms with E-state index in [0.29, 0.717) is 63.8 Å². The van der Waals surface area contributed by atoms with Crippen LogP contribution in [0.15, 0.2) is 91.1 Å². The monoisotopic (exact) mass is 1050 g/mol. The molecule has 0 aliphatic heterocycles. The first-order valence-corrected chi connectivity index (χ1v) is 25.5. The topological polar surface area (TPSA) is 215 Å². The Morgan fingerprint density at radius 2 is 1.12 bits per heavy atom. The normalized spacial score (nSPS) is 12.9. The van der Waals surface area contributed by atoms with Gasteiger partial charge in [-0.25, -0.2) is 9.59 Å². The maximum absolute atomic E-state index is 15.1. The zero-order valence-corrected chi connectivity index (χ0v) is 46.4. The van der Waals surface area contributed by atoms with Gasteiger partial charge in [0.1, 0.15) is 34.6 Å². The maximum atomic E-state index is 15.1. The Kier molecular flexibility index (Phi) is 21.0. The van der Waals surface area contributed by atoms with Crippen LogP contribution in [-0.4, -0.2) is 104 Å². The number of nitrogens with one attached hydrogen (secondary N) is 5. The molecule has 0 bridgehead atoms. The zero-order chi connectivity index (χ0) is 55.8. The van der Waals surface area contributed by atoms with Crippen LogP contribution in [0.4, 0.5) is 9.59 Å². The largest absolute Gasteiger partial charge is 0.493 e. The summed E-state index contributed by atoms with van der Waals surface area (Å²) in [5.74, 6) is 0.897. The fourth-order valence-corrected chi connectivity index (χ4v) is 8.36. The van der Waals surface area contributed by atoms with Crippen molar-refractivity contribution < 1.29 is 57.1 Å². The summed E-state index contributed by atoms with van der Waals surface area (Å²) in [6.45, 7) is 16.9. The molecule has 5 rings (SSSR count). The van der Waals surface area contributed by atoms with Crippen molar-refractivity contribution in [1.82, 2.24) is 31.2 Å². The van der Waals surface area contributed by atoms with Crippen LogP contribution in [-0.2, 0) is 49.8 Å². The molecule has 0 radical (unpaired) electrons. The number of nitrogens with zero attached hydrogens (tertiary/aromatic N) is 1. The van der Waals surface area contributed by atoms with E-state index in [9.17, 15) is 19.2 Å². The number of aromatic nitrogens is 1. The SMILES string of the molecule is COc1cccc(CNC(=O)[C@H](Cc2ccc(OC(C)(C)C)cc2)NC(=O)[C@H](CCCCNC(=O)OC(C)(C)C)NC(=O)[C@H](Cc2cn(C(=O)OC(C)(C)C)c3ccccc23)NCc2cccc(OC)c2OC)c1OC. The van der Waals surface area contributed by atoms with Gasteiger partial charge < -0.3 is 59.7 Å². The highest BCUT2D eigenvalue weighted by molar-refractivity contribution is 5.95. The first-order chi connectivity index (χ1) is 35.9. The van der Waals surface area contributed by atoms with Crippen molar-refractivity contribution in [2.24, 2.45) is 0 Å². The molecule has 5 N–H and O–H groups in total. The molecule has 3 atom stereocenters. The molecule has 0 unspecified atom stereocenters. The molecule has 0 aliphatic carbocycles. The van der Waals surface area contributed by atoms with E-state index < -0.39 is 64.8 Å². The predicted molar refractivity (Wildman–Crippen MR) is 291 cm³/mol. The number of benzene rings is 4. The van der Waals surface area contributed by atoms with Crippen molar-refractivity contribution in [2.45, 2.75) is 142 Å². The molecule has 0 saturated heterocycles. The van der Waals surface area contributed by atoms with Crippen LogP contribution in [0.2, 0.25) is 0 Å². The summed E-state index contributed by atoms with van der Waals surface area (Å²) in [5, 5.41) is 15.9. The Hall–Kier alpha value is -7.47. The van der Waals surface area contributed by atoms with Gasteiger partial charge in [0.05, 0.1) is 40.0 Å². The van der Waals surface area contributed by atoms with Crippen LogP contribution in [0.25, 0.3) is 10.9 Å². The molecule has 1 heterocycles. The predicted octanol–water partition coefficient (Wildman–Crippen LogP) is 8.56. The molecular formula is C58H78N6O12. The standard InChI is InChI=1S/C58H78N6O12/c1-56(2,3)74-41-29-27-37(28-30-41)32-45(51(65)61-35-39-21-19-26-48(71-11)50(39)73-13)63-52(66)43(23-16-17-31-59-54(68)75-57(4,5)6)62-53(67)44(60-34-38-20-18-25-47(70-10)49(38)72-12)33-40-36-64(55(69)76-58(7,8)9)46-24-15-14-22-42(40)46/h14-15,18-22,24-30,36,43-45,60H,16-17,23,31-35H2,1-13H3,(H,59,68)(H,61,65)(H,62,67)(H,63,66)/t43-,44-,45-/m0/s1. The van der Waals surface area contributed by atoms with Crippen molar-refractivity contribution >= 4 is 40.8 Å². The lowest BCUT2D eigenvalue weighted by atomic mass is 10.0. The molecule has 0 fully saturated rings. The number of rotatable bonds is 24. The van der Waals surface area contributed by atoms with Crippen LogP contribution < -0.4 is 50.3 Å². The number of carbonyl (C=O) groups excluding carboxylic acids is 5. The van der Waals surface area contributed by atoms with Crippen molar-refractivity contribution in [3.8, 4) is 28.7 Å². The summed E-state index contributed by atoms with van der Waals surface area (Å²) < 4.78 is 41.1. The fraction of sp³-hybridized carbons (Fsp3) is 0.466. The number of ether oxygens (including phenoxy) is 7. The maximum Gasteiger partial charge on any atom is 0.419 e. The van der Waals surface area contributed by atoms with Crippen LogP contribution >= 0.6 is 0 Å². The number of hydrogen-bond acceptors (Lipinski definition) is 13. The van der Waals surface area contributed by atoms with Gasteiger partial charge in [0.25, 0.3) is 0 Å².